The third-order valence-corrected chi connectivity index (χ3v) is 4.91. The lowest BCUT2D eigenvalue weighted by molar-refractivity contribution is 0.599. The summed E-state index contributed by atoms with van der Waals surface area (Å²) in [6.07, 6.45) is 2.08. The molecule has 1 heterocycles. The fourth-order valence-corrected chi connectivity index (χ4v) is 3.12. The molecule has 118 valence electrons. The maximum absolute atomic E-state index is 11.7. The molecule has 0 atom stereocenters. The molecule has 1 aromatic heterocycles. The molecule has 0 bridgehead atoms. The Morgan fingerprint density at radius 1 is 1.09 bits per heavy atom. The molecule has 0 saturated carbocycles. The van der Waals surface area contributed by atoms with Crippen LogP contribution in [0.25, 0.3) is 0 Å². The molecule has 5 nitrogen and oxygen atoms in total. The smallest absolute Gasteiger partial charge is 0.233 e. The minimum Gasteiger partial charge on any atom is -0.354 e. The number of rotatable bonds is 6. The zero-order chi connectivity index (χ0) is 16.2. The van der Waals surface area contributed by atoms with Crippen molar-refractivity contribution in [1.29, 1.82) is 0 Å². The lowest BCUT2D eigenvalue weighted by Gasteiger charge is -2.09. The van der Waals surface area contributed by atoms with Crippen molar-refractivity contribution < 1.29 is 8.42 Å². The molecule has 0 aliphatic rings. The molecular weight excluding hydrogens is 345 g/mol. The number of sulfonamides is 1. The Balaban J connectivity index is 2.07. The Hall–Kier alpha value is -1.50. The molecule has 0 aliphatic heterocycles. The number of benzene rings is 1. The van der Waals surface area contributed by atoms with Crippen molar-refractivity contribution in [1.82, 2.24) is 4.98 Å². The molecule has 0 radical (unpaired) electrons. The van der Waals surface area contributed by atoms with Gasteiger partial charge in [0.2, 0.25) is 10.0 Å². The van der Waals surface area contributed by atoms with E-state index in [9.17, 15) is 8.42 Å². The molecule has 0 saturated heterocycles. The maximum Gasteiger partial charge on any atom is 0.233 e. The van der Waals surface area contributed by atoms with Crippen LogP contribution in [0.2, 0.25) is 10.0 Å². The number of anilines is 3. The molecule has 1 aromatic carbocycles. The van der Waals surface area contributed by atoms with Gasteiger partial charge in [-0.2, -0.15) is 0 Å². The summed E-state index contributed by atoms with van der Waals surface area (Å²) in [6, 6.07) is 8.48. The van der Waals surface area contributed by atoms with E-state index < -0.39 is 10.0 Å². The highest BCUT2D eigenvalue weighted by molar-refractivity contribution is 7.92. The monoisotopic (exact) mass is 359 g/mol. The Bertz CT molecular complexity index is 749. The van der Waals surface area contributed by atoms with Crippen molar-refractivity contribution in [3.8, 4) is 0 Å². The third kappa shape index (κ3) is 4.76. The van der Waals surface area contributed by atoms with E-state index in [2.05, 4.69) is 15.0 Å². The highest BCUT2D eigenvalue weighted by Crippen LogP contribution is 2.27. The second-order valence-corrected chi connectivity index (χ2v) is 7.26. The Morgan fingerprint density at radius 3 is 2.41 bits per heavy atom. The summed E-state index contributed by atoms with van der Waals surface area (Å²) in [5, 5.41) is 4.03. The highest BCUT2D eigenvalue weighted by Gasteiger charge is 2.09. The van der Waals surface area contributed by atoms with Gasteiger partial charge in [-0.1, -0.05) is 30.1 Å². The molecule has 0 amide bonds. The van der Waals surface area contributed by atoms with E-state index in [1.165, 1.54) is 6.20 Å². The molecule has 2 N–H and O–H groups in total. The second kappa shape index (κ2) is 7.17. The minimum atomic E-state index is -3.33. The average Bonchev–Trinajstić information content (AvgIpc) is 2.44. The Labute approximate surface area is 139 Å². The van der Waals surface area contributed by atoms with E-state index in [1.54, 1.807) is 37.3 Å². The fourth-order valence-electron chi connectivity index (χ4n) is 1.75. The first kappa shape index (κ1) is 16.9. The quantitative estimate of drug-likeness (QED) is 0.807. The van der Waals surface area contributed by atoms with Gasteiger partial charge in [-0.3, -0.25) is 4.72 Å². The van der Waals surface area contributed by atoms with E-state index in [0.717, 1.165) is 5.69 Å². The van der Waals surface area contributed by atoms with Gasteiger partial charge in [0.05, 0.1) is 27.7 Å². The van der Waals surface area contributed by atoms with Crippen LogP contribution in [0.5, 0.6) is 0 Å². The van der Waals surface area contributed by atoms with Gasteiger partial charge < -0.3 is 5.32 Å². The van der Waals surface area contributed by atoms with Crippen molar-refractivity contribution in [3.05, 3.63) is 46.6 Å². The molecule has 0 aliphatic carbocycles. The number of halogens is 2. The first-order chi connectivity index (χ1) is 10.4. The van der Waals surface area contributed by atoms with Gasteiger partial charge in [-0.05, 0) is 36.8 Å². The summed E-state index contributed by atoms with van der Waals surface area (Å²) < 4.78 is 25.7. The van der Waals surface area contributed by atoms with Crippen LogP contribution in [0.4, 0.5) is 17.2 Å². The molecule has 8 heteroatoms. The topological polar surface area (TPSA) is 71.1 Å². The van der Waals surface area contributed by atoms with Crippen LogP contribution in [0, 0.1) is 0 Å². The van der Waals surface area contributed by atoms with Crippen LogP contribution in [-0.4, -0.2) is 19.2 Å². The number of hydrogen-bond donors (Lipinski definition) is 2. The van der Waals surface area contributed by atoms with Gasteiger partial charge >= 0.3 is 0 Å². The van der Waals surface area contributed by atoms with E-state index in [-0.39, 0.29) is 11.6 Å². The molecular formula is C14H15Cl2N3O2S. The predicted octanol–water partition coefficient (Wildman–Crippen LogP) is 4.28. The SMILES string of the molecule is CCCS(=O)(=O)Nc1ccc(Nc2ccc(Cl)c(Cl)c2)cn1. The summed E-state index contributed by atoms with van der Waals surface area (Å²) in [4.78, 5) is 4.07. The van der Waals surface area contributed by atoms with Crippen LogP contribution >= 0.6 is 23.2 Å². The van der Waals surface area contributed by atoms with Crippen molar-refractivity contribution >= 4 is 50.4 Å². The molecule has 0 spiro atoms. The van der Waals surface area contributed by atoms with Crippen LogP contribution in [0.3, 0.4) is 0 Å². The summed E-state index contributed by atoms with van der Waals surface area (Å²) in [5.74, 6) is 0.353. The maximum atomic E-state index is 11.7. The van der Waals surface area contributed by atoms with Gasteiger partial charge in [-0.25, -0.2) is 13.4 Å². The van der Waals surface area contributed by atoms with Crippen molar-refractivity contribution in [3.63, 3.8) is 0 Å². The first-order valence-corrected chi connectivity index (χ1v) is 8.99. The summed E-state index contributed by atoms with van der Waals surface area (Å²) in [6.45, 7) is 1.80. The molecule has 2 aromatic rings. The Morgan fingerprint density at radius 2 is 1.82 bits per heavy atom. The zero-order valence-electron chi connectivity index (χ0n) is 11.8. The van der Waals surface area contributed by atoms with Crippen LogP contribution in [-0.2, 0) is 10.0 Å². The lowest BCUT2D eigenvalue weighted by Crippen LogP contribution is -2.16. The zero-order valence-corrected chi connectivity index (χ0v) is 14.1. The van der Waals surface area contributed by atoms with Crippen LogP contribution in [0.1, 0.15) is 13.3 Å². The van der Waals surface area contributed by atoms with E-state index in [1.807, 2.05) is 0 Å². The number of nitrogens with one attached hydrogen (secondary N) is 2. The number of pyridine rings is 1. The fraction of sp³-hybridized carbons (Fsp3) is 0.214. The van der Waals surface area contributed by atoms with Crippen molar-refractivity contribution in [2.75, 3.05) is 15.8 Å². The number of nitrogens with zero attached hydrogens (tertiary/aromatic N) is 1. The van der Waals surface area contributed by atoms with Gasteiger partial charge in [0.25, 0.3) is 0 Å². The Kier molecular flexibility index (Phi) is 5.50. The van der Waals surface area contributed by atoms with Crippen LogP contribution in [0.15, 0.2) is 36.5 Å². The highest BCUT2D eigenvalue weighted by atomic mass is 35.5. The van der Waals surface area contributed by atoms with Gasteiger partial charge in [0, 0.05) is 5.69 Å². The van der Waals surface area contributed by atoms with Gasteiger partial charge in [0.15, 0.2) is 0 Å². The standard InChI is InChI=1S/C14H15Cl2N3O2S/c1-2-7-22(20,21)19-14-6-4-11(9-17-14)18-10-3-5-12(15)13(16)8-10/h3-6,8-9,18H,2,7H2,1H3,(H,17,19). The predicted molar refractivity (Wildman–Crippen MR) is 91.7 cm³/mol. The second-order valence-electron chi connectivity index (χ2n) is 4.61. The largest absolute Gasteiger partial charge is 0.354 e. The third-order valence-electron chi connectivity index (χ3n) is 2.70. The first-order valence-electron chi connectivity index (χ1n) is 6.58. The van der Waals surface area contributed by atoms with E-state index in [0.29, 0.717) is 22.2 Å². The summed E-state index contributed by atoms with van der Waals surface area (Å²) in [7, 11) is -3.33. The summed E-state index contributed by atoms with van der Waals surface area (Å²) in [5.41, 5.74) is 1.47. The lowest BCUT2D eigenvalue weighted by atomic mass is 10.3. The summed E-state index contributed by atoms with van der Waals surface area (Å²) >= 11 is 11.8. The van der Waals surface area contributed by atoms with Crippen molar-refractivity contribution in [2.45, 2.75) is 13.3 Å². The molecule has 2 rings (SSSR count). The van der Waals surface area contributed by atoms with E-state index in [4.69, 9.17) is 23.2 Å². The molecule has 0 unspecified atom stereocenters. The van der Waals surface area contributed by atoms with Gasteiger partial charge in [0.1, 0.15) is 5.82 Å². The van der Waals surface area contributed by atoms with Crippen LogP contribution < -0.4 is 10.0 Å². The minimum absolute atomic E-state index is 0.0674. The number of hydrogen-bond acceptors (Lipinski definition) is 4. The number of aromatic nitrogens is 1. The van der Waals surface area contributed by atoms with Crippen molar-refractivity contribution in [2.24, 2.45) is 0 Å². The molecule has 0 fully saturated rings. The van der Waals surface area contributed by atoms with Gasteiger partial charge in [-0.15, -0.1) is 0 Å². The van der Waals surface area contributed by atoms with E-state index >= 15 is 0 Å². The molecule has 22 heavy (non-hydrogen) atoms. The normalized spacial score (nSPS) is 11.2. The average molecular weight is 360 g/mol.